The van der Waals surface area contributed by atoms with Gasteiger partial charge in [-0.15, -0.1) is 0 Å². The van der Waals surface area contributed by atoms with E-state index >= 15 is 0 Å². The maximum Gasteiger partial charge on any atom is 0.343 e. The molecule has 0 atom stereocenters. The van der Waals surface area contributed by atoms with Gasteiger partial charge in [0.15, 0.2) is 0 Å². The number of hydrogen-bond acceptors (Lipinski definition) is 2. The third-order valence-electron chi connectivity index (χ3n) is 3.75. The lowest BCUT2D eigenvalue weighted by atomic mass is 10.1. The predicted octanol–water partition coefficient (Wildman–Crippen LogP) is 4.92. The van der Waals surface area contributed by atoms with Crippen LogP contribution in [0.5, 0.6) is 5.75 Å². The zero-order chi connectivity index (χ0) is 17.6. The molecule has 0 unspecified atom stereocenters. The second kappa shape index (κ2) is 7.51. The van der Waals surface area contributed by atoms with Crippen molar-refractivity contribution in [3.63, 3.8) is 0 Å². The van der Waals surface area contributed by atoms with E-state index in [2.05, 4.69) is 11.8 Å². The van der Waals surface area contributed by atoms with Crippen LogP contribution in [0.3, 0.4) is 0 Å². The summed E-state index contributed by atoms with van der Waals surface area (Å²) in [5.41, 5.74) is 4.70. The Balaban J connectivity index is 1.67. The minimum absolute atomic E-state index is 0.363. The smallest absolute Gasteiger partial charge is 0.343 e. The largest absolute Gasteiger partial charge is 0.423 e. The van der Waals surface area contributed by atoms with Crippen molar-refractivity contribution in [3.8, 4) is 17.6 Å². The van der Waals surface area contributed by atoms with Crippen LogP contribution in [0.25, 0.3) is 0 Å². The van der Waals surface area contributed by atoms with Crippen molar-refractivity contribution < 1.29 is 9.53 Å². The number of esters is 1. The molecule has 0 fully saturated rings. The van der Waals surface area contributed by atoms with Gasteiger partial charge in [0.1, 0.15) is 5.75 Å². The summed E-state index contributed by atoms with van der Waals surface area (Å²) >= 11 is 0. The zero-order valence-corrected chi connectivity index (χ0v) is 14.2. The first-order valence-corrected chi connectivity index (χ1v) is 8.08. The fourth-order valence-electron chi connectivity index (χ4n) is 2.24. The summed E-state index contributed by atoms with van der Waals surface area (Å²) in [4.78, 5) is 12.1. The van der Waals surface area contributed by atoms with E-state index in [9.17, 15) is 4.79 Å². The van der Waals surface area contributed by atoms with Gasteiger partial charge in [0.2, 0.25) is 0 Å². The van der Waals surface area contributed by atoms with Crippen LogP contribution in [-0.2, 0) is 0 Å². The van der Waals surface area contributed by atoms with Crippen LogP contribution in [0.4, 0.5) is 0 Å². The van der Waals surface area contributed by atoms with Crippen molar-refractivity contribution in [2.45, 2.75) is 13.8 Å². The third kappa shape index (κ3) is 4.59. The van der Waals surface area contributed by atoms with Gasteiger partial charge in [-0.2, -0.15) is 0 Å². The topological polar surface area (TPSA) is 26.3 Å². The highest BCUT2D eigenvalue weighted by atomic mass is 16.5. The number of benzene rings is 3. The number of carbonyl (C=O) groups is 1. The van der Waals surface area contributed by atoms with E-state index in [0.717, 1.165) is 16.7 Å². The molecule has 0 radical (unpaired) electrons. The summed E-state index contributed by atoms with van der Waals surface area (Å²) in [5.74, 6) is 6.37. The Hall–Kier alpha value is -3.31. The van der Waals surface area contributed by atoms with Gasteiger partial charge in [0, 0.05) is 11.1 Å². The number of rotatable bonds is 2. The lowest BCUT2D eigenvalue weighted by molar-refractivity contribution is 0.0735. The first-order valence-electron chi connectivity index (χ1n) is 8.08. The third-order valence-corrected chi connectivity index (χ3v) is 3.75. The van der Waals surface area contributed by atoms with Crippen molar-refractivity contribution in [2.24, 2.45) is 0 Å². The second-order valence-electron chi connectivity index (χ2n) is 5.90. The van der Waals surface area contributed by atoms with Crippen molar-refractivity contribution in [1.82, 2.24) is 0 Å². The molecular weight excluding hydrogens is 308 g/mol. The molecule has 122 valence electrons. The van der Waals surface area contributed by atoms with Gasteiger partial charge in [-0.3, -0.25) is 0 Å². The standard InChI is InChI=1S/C23H18O2/c1-17-3-7-19(8-4-17)9-10-20-11-15-22(16-12-20)25-23(24)21-13-5-18(2)6-14-21/h3-8,11-16H,1-2H3. The molecule has 0 aliphatic rings. The predicted molar refractivity (Wildman–Crippen MR) is 99.7 cm³/mol. The monoisotopic (exact) mass is 326 g/mol. The molecule has 0 spiro atoms. The zero-order valence-electron chi connectivity index (χ0n) is 14.2. The highest BCUT2D eigenvalue weighted by molar-refractivity contribution is 5.91. The van der Waals surface area contributed by atoms with E-state index in [0.29, 0.717) is 11.3 Å². The Morgan fingerprint density at radius 2 is 1.12 bits per heavy atom. The molecule has 0 saturated heterocycles. The average Bonchev–Trinajstić information content (AvgIpc) is 2.63. The van der Waals surface area contributed by atoms with Crippen LogP contribution in [0.15, 0.2) is 72.8 Å². The molecule has 0 aromatic heterocycles. The van der Waals surface area contributed by atoms with E-state index in [1.165, 1.54) is 5.56 Å². The highest BCUT2D eigenvalue weighted by Gasteiger charge is 2.07. The summed E-state index contributed by atoms with van der Waals surface area (Å²) in [7, 11) is 0. The van der Waals surface area contributed by atoms with Gasteiger partial charge in [-0.05, 0) is 62.4 Å². The normalized spacial score (nSPS) is 9.84. The Bertz CT molecular complexity index is 923. The SMILES string of the molecule is Cc1ccc(C#Cc2ccc(OC(=O)c3ccc(C)cc3)cc2)cc1. The lowest BCUT2D eigenvalue weighted by Gasteiger charge is -2.04. The van der Waals surface area contributed by atoms with E-state index in [1.54, 1.807) is 24.3 Å². The lowest BCUT2D eigenvalue weighted by Crippen LogP contribution is -2.08. The van der Waals surface area contributed by atoms with E-state index in [4.69, 9.17) is 4.74 Å². The highest BCUT2D eigenvalue weighted by Crippen LogP contribution is 2.14. The molecule has 2 nitrogen and oxygen atoms in total. The first-order chi connectivity index (χ1) is 12.1. The number of carbonyl (C=O) groups excluding carboxylic acids is 1. The minimum atomic E-state index is -0.363. The molecule has 0 amide bonds. The van der Waals surface area contributed by atoms with Crippen LogP contribution in [-0.4, -0.2) is 5.97 Å². The van der Waals surface area contributed by atoms with Gasteiger partial charge < -0.3 is 4.74 Å². The van der Waals surface area contributed by atoms with Gasteiger partial charge in [0.25, 0.3) is 0 Å². The first kappa shape index (κ1) is 16.5. The van der Waals surface area contributed by atoms with Crippen LogP contribution < -0.4 is 4.74 Å². The van der Waals surface area contributed by atoms with E-state index < -0.39 is 0 Å². The molecule has 2 heteroatoms. The van der Waals surface area contributed by atoms with Crippen molar-refractivity contribution >= 4 is 5.97 Å². The summed E-state index contributed by atoms with van der Waals surface area (Å²) in [6.07, 6.45) is 0. The molecule has 0 aliphatic carbocycles. The average molecular weight is 326 g/mol. The number of hydrogen-bond donors (Lipinski definition) is 0. The van der Waals surface area contributed by atoms with Crippen LogP contribution in [0, 0.1) is 25.7 Å². The van der Waals surface area contributed by atoms with Gasteiger partial charge in [0.05, 0.1) is 5.56 Å². The number of ether oxygens (including phenoxy) is 1. The Morgan fingerprint density at radius 1 is 0.680 bits per heavy atom. The molecule has 0 heterocycles. The quantitative estimate of drug-likeness (QED) is 0.379. The van der Waals surface area contributed by atoms with Gasteiger partial charge >= 0.3 is 5.97 Å². The fourth-order valence-corrected chi connectivity index (χ4v) is 2.24. The Labute approximate surface area is 148 Å². The maximum atomic E-state index is 12.1. The maximum absolute atomic E-state index is 12.1. The number of aryl methyl sites for hydroxylation is 2. The van der Waals surface area contributed by atoms with Crippen LogP contribution in [0.2, 0.25) is 0 Å². The minimum Gasteiger partial charge on any atom is -0.423 e. The molecule has 0 bridgehead atoms. The fraction of sp³-hybridized carbons (Fsp3) is 0.0870. The summed E-state index contributed by atoms with van der Waals surface area (Å²) in [5, 5.41) is 0. The summed E-state index contributed by atoms with van der Waals surface area (Å²) < 4.78 is 5.38. The van der Waals surface area contributed by atoms with E-state index in [-0.39, 0.29) is 5.97 Å². The Kier molecular flexibility index (Phi) is 4.97. The van der Waals surface area contributed by atoms with Crippen LogP contribution in [0.1, 0.15) is 32.6 Å². The molecule has 25 heavy (non-hydrogen) atoms. The van der Waals surface area contributed by atoms with Gasteiger partial charge in [-0.25, -0.2) is 4.79 Å². The van der Waals surface area contributed by atoms with Crippen molar-refractivity contribution in [1.29, 1.82) is 0 Å². The molecule has 3 aromatic carbocycles. The molecule has 0 N–H and O–H groups in total. The summed E-state index contributed by atoms with van der Waals surface area (Å²) in [6, 6.07) is 22.6. The molecule has 3 aromatic rings. The second-order valence-corrected chi connectivity index (χ2v) is 5.90. The molecular formula is C23H18O2. The van der Waals surface area contributed by atoms with Gasteiger partial charge in [-0.1, -0.05) is 47.2 Å². The molecule has 3 rings (SSSR count). The molecule has 0 aliphatic heterocycles. The van der Waals surface area contributed by atoms with Crippen LogP contribution >= 0.6 is 0 Å². The van der Waals surface area contributed by atoms with Crippen molar-refractivity contribution in [3.05, 3.63) is 101 Å². The Morgan fingerprint density at radius 3 is 1.64 bits per heavy atom. The van der Waals surface area contributed by atoms with Crippen molar-refractivity contribution in [2.75, 3.05) is 0 Å². The molecule has 0 saturated carbocycles. The summed E-state index contributed by atoms with van der Waals surface area (Å²) in [6.45, 7) is 4.03. The van der Waals surface area contributed by atoms with E-state index in [1.807, 2.05) is 62.4 Å².